The van der Waals surface area contributed by atoms with Crippen LogP contribution >= 0.6 is 0 Å². The third kappa shape index (κ3) is 4.85. The third-order valence-corrected chi connectivity index (χ3v) is 9.30. The molecular formula is C44H38N2O. The van der Waals surface area contributed by atoms with Gasteiger partial charge in [-0.25, -0.2) is 4.98 Å². The van der Waals surface area contributed by atoms with E-state index in [1.54, 1.807) is 6.07 Å². The summed E-state index contributed by atoms with van der Waals surface area (Å²) >= 11 is 0. The highest BCUT2D eigenvalue weighted by Crippen LogP contribution is 2.42. The molecule has 47 heavy (non-hydrogen) atoms. The molecule has 0 saturated heterocycles. The third-order valence-electron chi connectivity index (χ3n) is 9.30. The molecule has 8 rings (SSSR count). The molecule has 0 saturated carbocycles. The maximum Gasteiger partial charge on any atom is 0.149 e. The Morgan fingerprint density at radius 3 is 2.09 bits per heavy atom. The lowest BCUT2D eigenvalue weighted by Gasteiger charge is -2.22. The molecule has 0 bridgehead atoms. The van der Waals surface area contributed by atoms with Gasteiger partial charge in [0.15, 0.2) is 0 Å². The van der Waals surface area contributed by atoms with Gasteiger partial charge in [-0.3, -0.25) is 4.57 Å². The summed E-state index contributed by atoms with van der Waals surface area (Å²) in [6, 6.07) is 42.9. The molecule has 3 nitrogen and oxygen atoms in total. The quantitative estimate of drug-likeness (QED) is 0.187. The van der Waals surface area contributed by atoms with Crippen LogP contribution in [-0.2, 0) is 0 Å². The summed E-state index contributed by atoms with van der Waals surface area (Å²) in [4.78, 5) is 5.27. The lowest BCUT2D eigenvalue weighted by molar-refractivity contribution is 0.669. The van der Waals surface area contributed by atoms with Crippen molar-refractivity contribution >= 4 is 33.0 Å². The summed E-state index contributed by atoms with van der Waals surface area (Å²) in [5, 5.41) is 2.03. The molecule has 6 aromatic carbocycles. The van der Waals surface area contributed by atoms with Crippen molar-refractivity contribution in [1.29, 1.82) is 0 Å². The fraction of sp³-hybridized carbons (Fsp3) is 0.159. The van der Waals surface area contributed by atoms with E-state index < -0.39 is 6.85 Å². The Morgan fingerprint density at radius 1 is 0.617 bits per heavy atom. The number of nitrogens with zero attached hydrogens (tertiary/aromatic N) is 2. The molecular weight excluding hydrogens is 572 g/mol. The zero-order chi connectivity index (χ0) is 34.7. The fourth-order valence-electron chi connectivity index (χ4n) is 6.94. The largest absolute Gasteiger partial charge is 0.455 e. The number of hydrogen-bond acceptors (Lipinski definition) is 2. The van der Waals surface area contributed by atoms with E-state index in [-0.39, 0.29) is 0 Å². The van der Waals surface area contributed by atoms with Crippen LogP contribution < -0.4 is 0 Å². The van der Waals surface area contributed by atoms with Gasteiger partial charge in [-0.2, -0.15) is 0 Å². The smallest absolute Gasteiger partial charge is 0.149 e. The minimum atomic E-state index is -2.23. The Bertz CT molecular complexity index is 2510. The molecule has 0 unspecified atom stereocenters. The van der Waals surface area contributed by atoms with Crippen molar-refractivity contribution in [1.82, 2.24) is 9.55 Å². The summed E-state index contributed by atoms with van der Waals surface area (Å²) in [6.07, 6.45) is 0. The van der Waals surface area contributed by atoms with Crippen LogP contribution in [0.25, 0.3) is 72.3 Å². The van der Waals surface area contributed by atoms with Crippen LogP contribution in [0.3, 0.4) is 0 Å². The van der Waals surface area contributed by atoms with Crippen LogP contribution in [0.1, 0.15) is 60.3 Å². The predicted molar refractivity (Wildman–Crippen MR) is 198 cm³/mol. The summed E-state index contributed by atoms with van der Waals surface area (Å²) in [5.74, 6) is 1.47. The number of benzene rings is 6. The first kappa shape index (κ1) is 25.7. The molecule has 2 heterocycles. The number of fused-ring (bicyclic) bond motifs is 4. The topological polar surface area (TPSA) is 31.0 Å². The van der Waals surface area contributed by atoms with E-state index >= 15 is 0 Å². The molecule has 8 aromatic rings. The SMILES string of the molecule is [2H]C([2H])([2H])c1ccc(-c2ccc3c(c2)oc2c(-c4nc5ccccc5n4-c4c(C(C)C)cccc4C(C)C)cccc23)cc1-c1ccccc1. The standard InChI is InChI=1S/C44H38N2O/c1-27(2)33-15-11-16-34(28(3)4)42(33)46-40-20-10-9-19-39(40)45-44(46)37-18-12-17-36-35-24-23-32(26-41(35)47-43(36)37)31-22-21-29(5)38(25-31)30-13-7-6-8-14-30/h6-28H,1-5H3/i5D3. The van der Waals surface area contributed by atoms with Crippen LogP contribution in [0.15, 0.2) is 132 Å². The summed E-state index contributed by atoms with van der Waals surface area (Å²) in [7, 11) is 0. The van der Waals surface area contributed by atoms with Gasteiger partial charge >= 0.3 is 0 Å². The first-order valence-electron chi connectivity index (χ1n) is 17.9. The molecule has 2 aromatic heterocycles. The first-order chi connectivity index (χ1) is 24.1. The van der Waals surface area contributed by atoms with Crippen molar-refractivity contribution in [2.75, 3.05) is 0 Å². The minimum Gasteiger partial charge on any atom is -0.455 e. The Balaban J connectivity index is 1.33. The van der Waals surface area contributed by atoms with Gasteiger partial charge in [-0.1, -0.05) is 119 Å². The van der Waals surface area contributed by atoms with Crippen molar-refractivity contribution in [3.63, 3.8) is 0 Å². The number of aromatic nitrogens is 2. The number of hydrogen-bond donors (Lipinski definition) is 0. The van der Waals surface area contributed by atoms with Gasteiger partial charge in [-0.15, -0.1) is 0 Å². The van der Waals surface area contributed by atoms with Crippen molar-refractivity contribution in [2.24, 2.45) is 0 Å². The molecule has 0 spiro atoms. The highest BCUT2D eigenvalue weighted by Gasteiger charge is 2.24. The lowest BCUT2D eigenvalue weighted by Crippen LogP contribution is -2.08. The highest BCUT2D eigenvalue weighted by molar-refractivity contribution is 6.10. The van der Waals surface area contributed by atoms with Crippen LogP contribution in [-0.4, -0.2) is 9.55 Å². The second-order valence-electron chi connectivity index (χ2n) is 13.0. The molecule has 0 amide bonds. The molecule has 0 aliphatic heterocycles. The van der Waals surface area contributed by atoms with E-state index in [4.69, 9.17) is 13.5 Å². The number of rotatable bonds is 6. The van der Waals surface area contributed by atoms with Crippen molar-refractivity contribution in [3.8, 4) is 39.3 Å². The van der Waals surface area contributed by atoms with E-state index in [0.29, 0.717) is 23.0 Å². The Labute approximate surface area is 280 Å². The molecule has 230 valence electrons. The summed E-state index contributed by atoms with van der Waals surface area (Å²) < 4.78 is 33.7. The van der Waals surface area contributed by atoms with Gasteiger partial charge < -0.3 is 4.42 Å². The van der Waals surface area contributed by atoms with Crippen molar-refractivity contribution in [2.45, 2.75) is 46.4 Å². The molecule has 0 aliphatic carbocycles. The molecule has 0 N–H and O–H groups in total. The normalized spacial score (nSPS) is 13.1. The van der Waals surface area contributed by atoms with Gasteiger partial charge in [0.1, 0.15) is 17.0 Å². The molecule has 0 fully saturated rings. The van der Waals surface area contributed by atoms with Crippen LogP contribution in [0.2, 0.25) is 0 Å². The Hall–Kier alpha value is -5.41. The summed E-state index contributed by atoms with van der Waals surface area (Å²) in [5.41, 5.74) is 12.0. The van der Waals surface area contributed by atoms with Crippen molar-refractivity contribution in [3.05, 3.63) is 144 Å². The van der Waals surface area contributed by atoms with Gasteiger partial charge in [0.2, 0.25) is 0 Å². The number of furan rings is 1. The predicted octanol–water partition coefficient (Wildman–Crippen LogP) is 12.5. The van der Waals surface area contributed by atoms with Gasteiger partial charge in [0.05, 0.1) is 22.3 Å². The second-order valence-corrected chi connectivity index (χ2v) is 13.0. The Morgan fingerprint density at radius 2 is 1.32 bits per heavy atom. The van der Waals surface area contributed by atoms with Crippen LogP contribution in [0.5, 0.6) is 0 Å². The average Bonchev–Trinajstić information content (AvgIpc) is 3.69. The van der Waals surface area contributed by atoms with E-state index in [1.807, 2.05) is 48.5 Å². The Kier molecular flexibility index (Phi) is 6.26. The van der Waals surface area contributed by atoms with Crippen LogP contribution in [0.4, 0.5) is 0 Å². The van der Waals surface area contributed by atoms with Crippen molar-refractivity contribution < 1.29 is 8.53 Å². The monoisotopic (exact) mass is 613 g/mol. The highest BCUT2D eigenvalue weighted by atomic mass is 16.3. The lowest BCUT2D eigenvalue weighted by atomic mass is 9.92. The zero-order valence-electron chi connectivity index (χ0n) is 30.1. The first-order valence-corrected chi connectivity index (χ1v) is 16.4. The number of aryl methyl sites for hydroxylation is 1. The molecule has 0 radical (unpaired) electrons. The second kappa shape index (κ2) is 11.4. The number of imidazole rings is 1. The number of para-hydroxylation sites is 4. The average molecular weight is 614 g/mol. The van der Waals surface area contributed by atoms with E-state index in [0.717, 1.165) is 61.1 Å². The van der Waals surface area contributed by atoms with E-state index in [9.17, 15) is 0 Å². The maximum absolute atomic E-state index is 8.18. The molecule has 0 aliphatic rings. The molecule has 0 atom stereocenters. The summed E-state index contributed by atoms with van der Waals surface area (Å²) in [6.45, 7) is 6.76. The van der Waals surface area contributed by atoms with E-state index in [1.165, 1.54) is 16.8 Å². The zero-order valence-corrected chi connectivity index (χ0v) is 27.1. The maximum atomic E-state index is 8.18. The van der Waals surface area contributed by atoms with Gasteiger partial charge in [-0.05, 0) is 94.0 Å². The van der Waals surface area contributed by atoms with Gasteiger partial charge in [0, 0.05) is 14.9 Å². The van der Waals surface area contributed by atoms with Gasteiger partial charge in [0.25, 0.3) is 0 Å². The minimum absolute atomic E-state index is 0.314. The van der Waals surface area contributed by atoms with Crippen LogP contribution in [0, 0.1) is 6.85 Å². The fourth-order valence-corrected chi connectivity index (χ4v) is 6.94. The molecule has 3 heteroatoms. The van der Waals surface area contributed by atoms with E-state index in [2.05, 4.69) is 105 Å².